The molecule has 0 unspecified atom stereocenters. The molecule has 0 aromatic heterocycles. The van der Waals surface area contributed by atoms with Gasteiger partial charge in [-0.1, -0.05) is 19.3 Å². The van der Waals surface area contributed by atoms with Crippen LogP contribution >= 0.6 is 11.8 Å². The van der Waals surface area contributed by atoms with Crippen molar-refractivity contribution in [2.45, 2.75) is 44.9 Å². The number of hydrogen-bond donors (Lipinski definition) is 1. The molecule has 1 fully saturated rings. The summed E-state index contributed by atoms with van der Waals surface area (Å²) in [5, 5.41) is 3.59. The molecule has 0 aliphatic heterocycles. The standard InChI is InChI=1S/C14H29NOS/c1-16-11-10-15-13-14(9-6-12-17-2)7-4-3-5-8-14/h15H,3-13H2,1-2H3. The number of thioether (sulfide) groups is 1. The molecule has 17 heavy (non-hydrogen) atoms. The van der Waals surface area contributed by atoms with E-state index in [-0.39, 0.29) is 0 Å². The van der Waals surface area contributed by atoms with Crippen molar-refractivity contribution in [3.63, 3.8) is 0 Å². The van der Waals surface area contributed by atoms with Crippen molar-refractivity contribution in [3.05, 3.63) is 0 Å². The molecule has 0 saturated heterocycles. The van der Waals surface area contributed by atoms with Gasteiger partial charge >= 0.3 is 0 Å². The molecule has 0 amide bonds. The van der Waals surface area contributed by atoms with Crippen LogP contribution in [0.5, 0.6) is 0 Å². The van der Waals surface area contributed by atoms with E-state index in [0.29, 0.717) is 5.41 Å². The molecule has 1 saturated carbocycles. The molecule has 0 heterocycles. The van der Waals surface area contributed by atoms with E-state index in [9.17, 15) is 0 Å². The third kappa shape index (κ3) is 6.12. The monoisotopic (exact) mass is 259 g/mol. The topological polar surface area (TPSA) is 21.3 Å². The van der Waals surface area contributed by atoms with Crippen LogP contribution in [-0.2, 0) is 4.74 Å². The minimum absolute atomic E-state index is 0.599. The van der Waals surface area contributed by atoms with Gasteiger partial charge in [0, 0.05) is 20.2 Å². The Hall–Kier alpha value is 0.270. The maximum atomic E-state index is 5.10. The SMILES string of the molecule is COCCNCC1(CCCSC)CCCCC1. The highest BCUT2D eigenvalue weighted by atomic mass is 32.2. The van der Waals surface area contributed by atoms with Gasteiger partial charge < -0.3 is 10.1 Å². The van der Waals surface area contributed by atoms with Crippen LogP contribution in [0.4, 0.5) is 0 Å². The first-order valence-corrected chi connectivity index (χ1v) is 8.41. The highest BCUT2D eigenvalue weighted by molar-refractivity contribution is 7.98. The molecule has 0 aromatic rings. The number of ether oxygens (including phenoxy) is 1. The molecular formula is C14H29NOS. The molecule has 0 aromatic carbocycles. The maximum absolute atomic E-state index is 5.10. The van der Waals surface area contributed by atoms with E-state index in [1.807, 2.05) is 11.8 Å². The van der Waals surface area contributed by atoms with Crippen molar-refractivity contribution < 1.29 is 4.74 Å². The van der Waals surface area contributed by atoms with Crippen LogP contribution in [0.3, 0.4) is 0 Å². The van der Waals surface area contributed by atoms with Gasteiger partial charge in [-0.3, -0.25) is 0 Å². The maximum Gasteiger partial charge on any atom is 0.0587 e. The average molecular weight is 259 g/mol. The minimum atomic E-state index is 0.599. The fraction of sp³-hybridized carbons (Fsp3) is 1.00. The van der Waals surface area contributed by atoms with Gasteiger partial charge in [0.25, 0.3) is 0 Å². The second-order valence-electron chi connectivity index (χ2n) is 5.33. The predicted molar refractivity (Wildman–Crippen MR) is 77.9 cm³/mol. The Morgan fingerprint density at radius 3 is 2.65 bits per heavy atom. The summed E-state index contributed by atoms with van der Waals surface area (Å²) in [5.41, 5.74) is 0.599. The van der Waals surface area contributed by atoms with Crippen LogP contribution in [0, 0.1) is 5.41 Å². The van der Waals surface area contributed by atoms with Crippen molar-refractivity contribution in [1.82, 2.24) is 5.32 Å². The molecule has 1 aliphatic carbocycles. The van der Waals surface area contributed by atoms with E-state index < -0.39 is 0 Å². The lowest BCUT2D eigenvalue weighted by molar-refractivity contribution is 0.152. The first-order chi connectivity index (χ1) is 8.33. The summed E-state index contributed by atoms with van der Waals surface area (Å²) in [4.78, 5) is 0. The molecule has 0 spiro atoms. The van der Waals surface area contributed by atoms with Crippen molar-refractivity contribution in [1.29, 1.82) is 0 Å². The van der Waals surface area contributed by atoms with Gasteiger partial charge in [0.15, 0.2) is 0 Å². The molecule has 1 rings (SSSR count). The predicted octanol–water partition coefficient (Wildman–Crippen LogP) is 3.32. The van der Waals surface area contributed by atoms with E-state index in [4.69, 9.17) is 4.74 Å². The molecular weight excluding hydrogens is 230 g/mol. The lowest BCUT2D eigenvalue weighted by Gasteiger charge is -2.38. The van der Waals surface area contributed by atoms with Crippen LogP contribution in [-0.4, -0.2) is 38.8 Å². The van der Waals surface area contributed by atoms with Crippen LogP contribution < -0.4 is 5.32 Å². The zero-order valence-corrected chi connectivity index (χ0v) is 12.4. The smallest absolute Gasteiger partial charge is 0.0587 e. The van der Waals surface area contributed by atoms with Gasteiger partial charge in [-0.05, 0) is 43.1 Å². The average Bonchev–Trinajstić information content (AvgIpc) is 2.36. The van der Waals surface area contributed by atoms with Crippen molar-refractivity contribution >= 4 is 11.8 Å². The number of hydrogen-bond acceptors (Lipinski definition) is 3. The van der Waals surface area contributed by atoms with E-state index in [0.717, 1.165) is 13.2 Å². The Bertz CT molecular complexity index is 181. The largest absolute Gasteiger partial charge is 0.383 e. The molecule has 0 bridgehead atoms. The zero-order chi connectivity index (χ0) is 12.4. The van der Waals surface area contributed by atoms with Crippen LogP contribution in [0.1, 0.15) is 44.9 Å². The Balaban J connectivity index is 2.29. The second kappa shape index (κ2) is 9.23. The Kier molecular flexibility index (Phi) is 8.33. The van der Waals surface area contributed by atoms with Crippen molar-refractivity contribution in [2.75, 3.05) is 38.8 Å². The molecule has 3 heteroatoms. The summed E-state index contributed by atoms with van der Waals surface area (Å²) in [5.74, 6) is 1.32. The molecule has 102 valence electrons. The van der Waals surface area contributed by atoms with Gasteiger partial charge in [-0.15, -0.1) is 0 Å². The Morgan fingerprint density at radius 2 is 2.00 bits per heavy atom. The van der Waals surface area contributed by atoms with E-state index >= 15 is 0 Å². The quantitative estimate of drug-likeness (QED) is 0.642. The third-order valence-corrected chi connectivity index (χ3v) is 4.65. The molecule has 0 radical (unpaired) electrons. The lowest BCUT2D eigenvalue weighted by atomic mass is 9.71. The molecule has 0 atom stereocenters. The van der Waals surface area contributed by atoms with Gasteiger partial charge in [0.05, 0.1) is 6.61 Å². The highest BCUT2D eigenvalue weighted by Crippen LogP contribution is 2.39. The van der Waals surface area contributed by atoms with Crippen LogP contribution in [0.25, 0.3) is 0 Å². The highest BCUT2D eigenvalue weighted by Gasteiger charge is 2.30. The number of nitrogens with one attached hydrogen (secondary N) is 1. The molecule has 1 aliphatic rings. The summed E-state index contributed by atoms with van der Waals surface area (Å²) in [6.45, 7) is 3.03. The molecule has 2 nitrogen and oxygen atoms in total. The molecule has 1 N–H and O–H groups in total. The first kappa shape index (κ1) is 15.3. The second-order valence-corrected chi connectivity index (χ2v) is 6.31. The fourth-order valence-electron chi connectivity index (χ4n) is 2.94. The Morgan fingerprint density at radius 1 is 1.24 bits per heavy atom. The summed E-state index contributed by atoms with van der Waals surface area (Å²) in [6, 6.07) is 0. The Labute approximate surface area is 111 Å². The first-order valence-electron chi connectivity index (χ1n) is 7.02. The number of rotatable bonds is 9. The van der Waals surface area contributed by atoms with E-state index in [1.165, 1.54) is 57.2 Å². The van der Waals surface area contributed by atoms with E-state index in [2.05, 4.69) is 11.6 Å². The van der Waals surface area contributed by atoms with Crippen molar-refractivity contribution in [3.8, 4) is 0 Å². The fourth-order valence-corrected chi connectivity index (χ4v) is 3.37. The summed E-state index contributed by atoms with van der Waals surface area (Å²) >= 11 is 1.98. The summed E-state index contributed by atoms with van der Waals surface area (Å²) < 4.78 is 5.10. The minimum Gasteiger partial charge on any atom is -0.383 e. The van der Waals surface area contributed by atoms with Crippen LogP contribution in [0.2, 0.25) is 0 Å². The van der Waals surface area contributed by atoms with Crippen molar-refractivity contribution in [2.24, 2.45) is 5.41 Å². The van der Waals surface area contributed by atoms with Gasteiger partial charge in [0.1, 0.15) is 0 Å². The zero-order valence-electron chi connectivity index (χ0n) is 11.6. The van der Waals surface area contributed by atoms with Gasteiger partial charge in [0.2, 0.25) is 0 Å². The number of methoxy groups -OCH3 is 1. The normalized spacial score (nSPS) is 19.4. The third-order valence-electron chi connectivity index (χ3n) is 3.95. The van der Waals surface area contributed by atoms with E-state index in [1.54, 1.807) is 7.11 Å². The summed E-state index contributed by atoms with van der Waals surface area (Å²) in [6.07, 6.45) is 12.2. The van der Waals surface area contributed by atoms with Gasteiger partial charge in [-0.2, -0.15) is 11.8 Å². The summed E-state index contributed by atoms with van der Waals surface area (Å²) in [7, 11) is 1.77. The van der Waals surface area contributed by atoms with Gasteiger partial charge in [-0.25, -0.2) is 0 Å². The van der Waals surface area contributed by atoms with Crippen LogP contribution in [0.15, 0.2) is 0 Å². The lowest BCUT2D eigenvalue weighted by Crippen LogP contribution is -2.37.